The maximum atomic E-state index is 16.5. The van der Waals surface area contributed by atoms with E-state index >= 15 is 14.4 Å². The maximum absolute atomic E-state index is 16.5. The fourth-order valence-corrected chi connectivity index (χ4v) is 16.2. The number of rotatable bonds is 21. The molecular weight excluding hydrogens is 953 g/mol. The summed E-state index contributed by atoms with van der Waals surface area (Å²) in [5.74, 6) is -6.42. The van der Waals surface area contributed by atoms with Gasteiger partial charge in [0.15, 0.2) is 23.5 Å². The lowest BCUT2D eigenvalue weighted by Crippen LogP contribution is -2.73. The third-order valence-electron chi connectivity index (χ3n) is 20.5. The Hall–Kier alpha value is -6.03. The first kappa shape index (κ1) is 56.2. The van der Waals surface area contributed by atoms with Crippen LogP contribution in [0.25, 0.3) is 0 Å². The van der Waals surface area contributed by atoms with E-state index in [-0.39, 0.29) is 115 Å². The zero-order valence-electron chi connectivity index (χ0n) is 46.0. The molecule has 12 atom stereocenters. The molecule has 0 heterocycles. The van der Waals surface area contributed by atoms with Crippen molar-refractivity contribution in [1.82, 2.24) is 0 Å². The van der Waals surface area contributed by atoms with Gasteiger partial charge in [0.25, 0.3) is 0 Å². The van der Waals surface area contributed by atoms with E-state index in [4.69, 9.17) is 4.74 Å². The van der Waals surface area contributed by atoms with Crippen LogP contribution in [0, 0.1) is 63.1 Å². The summed E-state index contributed by atoms with van der Waals surface area (Å²) in [5.41, 5.74) is 1.46. The van der Waals surface area contributed by atoms with Gasteiger partial charge in [-0.2, -0.15) is 0 Å². The smallest absolute Gasteiger partial charge is 0.306 e. The molecule has 8 rings (SSSR count). The zero-order valence-corrected chi connectivity index (χ0v) is 46.0. The molecular formula is C66H78O10. The van der Waals surface area contributed by atoms with Gasteiger partial charge in [0, 0.05) is 79.7 Å². The molecule has 76 heavy (non-hydrogen) atoms. The van der Waals surface area contributed by atoms with Gasteiger partial charge < -0.3 is 4.74 Å². The van der Waals surface area contributed by atoms with E-state index in [0.717, 1.165) is 36.0 Å². The Kier molecular flexibility index (Phi) is 16.4. The van der Waals surface area contributed by atoms with Crippen LogP contribution in [0.2, 0.25) is 0 Å². The molecule has 0 N–H and O–H groups in total. The monoisotopic (exact) mass is 1030 g/mol. The van der Waals surface area contributed by atoms with Crippen molar-refractivity contribution in [3.05, 3.63) is 131 Å². The molecule has 0 amide bonds. The van der Waals surface area contributed by atoms with Crippen LogP contribution in [-0.2, 0) is 38.3 Å². The highest BCUT2D eigenvalue weighted by atomic mass is 16.5. The number of fused-ring (bicyclic) bond motifs is 5. The molecule has 3 aromatic carbocycles. The topological polar surface area (TPSA) is 163 Å². The Balaban J connectivity index is 1.25. The SMILES string of the molecule is C=C(C)C[C@@]12CC[C@@H]1C[C@H](C)[C@@]1(C)C(=O)[C@H](CC(C)=O)C3=C(C)C(CC(=O)C(OC(=O)CCC(=O)CC4C(=O)CCC4=O)[C@@H](CC(=O)c4ccccc4)c4ccccc4)C[C@@](C)([C@@H](CC(=O)c4ccccc4)[C@]21C)[C@H]3C. The Morgan fingerprint density at radius 2 is 1.30 bits per heavy atom. The Morgan fingerprint density at radius 3 is 1.86 bits per heavy atom. The molecule has 402 valence electrons. The summed E-state index contributed by atoms with van der Waals surface area (Å²) in [6.45, 7) is 21.1. The predicted octanol–water partition coefficient (Wildman–Crippen LogP) is 12.7. The standard InChI is InChI=1S/C66H78O10/c1-39(2)37-66-30-29-48(66)31-40(3)64(8)62(75)52(32-41(4)67)60-42(5)47(38-63(7,43(60)6)58(65(64,66)9)36-56(72)46-23-17-12-18-24-46)33-57(73)61(76-59(74)28-25-49(68)34-51-53(69)26-27-54(51)70)50(44-19-13-10-14-20-44)35-55(71)45-21-15-11-16-22-45/h10-24,40,43,47-48,50-52,58,61H,1,25-38H2,2-9H3/t40-,43-,47?,48+,50-,52+,58+,61?,63+,64-,65-,66-/m0/s1. The second kappa shape index (κ2) is 22.1. The number of carbonyl (C=O) groups excluding carboxylic acids is 9. The summed E-state index contributed by atoms with van der Waals surface area (Å²) in [6.07, 6.45) is 1.36. The quantitative estimate of drug-likeness (QED) is 0.0434. The molecule has 10 nitrogen and oxygen atoms in total. The van der Waals surface area contributed by atoms with E-state index in [1.165, 1.54) is 6.92 Å². The first-order valence-corrected chi connectivity index (χ1v) is 27.9. The van der Waals surface area contributed by atoms with Gasteiger partial charge in [-0.05, 0) is 104 Å². The van der Waals surface area contributed by atoms with E-state index in [0.29, 0.717) is 29.5 Å². The van der Waals surface area contributed by atoms with Crippen molar-refractivity contribution < 1.29 is 47.9 Å². The largest absolute Gasteiger partial charge is 0.454 e. The number of allylic oxidation sites excluding steroid dienone is 3. The lowest BCUT2D eigenvalue weighted by molar-refractivity contribution is -0.264. The third kappa shape index (κ3) is 10.1. The fourth-order valence-electron chi connectivity index (χ4n) is 16.2. The number of esters is 1. The van der Waals surface area contributed by atoms with Crippen molar-refractivity contribution in [3.8, 4) is 0 Å². The van der Waals surface area contributed by atoms with Crippen LogP contribution in [0.1, 0.15) is 177 Å². The summed E-state index contributed by atoms with van der Waals surface area (Å²) in [7, 11) is 0. The molecule has 5 aliphatic rings. The fraction of sp³-hybridized carbons (Fsp3) is 0.530. The lowest BCUT2D eigenvalue weighted by atomic mass is 9.27. The van der Waals surface area contributed by atoms with E-state index in [9.17, 15) is 28.8 Å². The molecule has 0 aliphatic heterocycles. The van der Waals surface area contributed by atoms with Gasteiger partial charge in [-0.15, -0.1) is 6.58 Å². The summed E-state index contributed by atoms with van der Waals surface area (Å²) >= 11 is 0. The van der Waals surface area contributed by atoms with Gasteiger partial charge in [-0.3, -0.25) is 43.2 Å². The van der Waals surface area contributed by atoms with Crippen LogP contribution in [-0.4, -0.2) is 58.3 Å². The van der Waals surface area contributed by atoms with E-state index in [2.05, 4.69) is 48.1 Å². The maximum Gasteiger partial charge on any atom is 0.306 e. The van der Waals surface area contributed by atoms with E-state index in [1.807, 2.05) is 43.3 Å². The van der Waals surface area contributed by atoms with Gasteiger partial charge >= 0.3 is 5.97 Å². The molecule has 0 aromatic heterocycles. The molecule has 4 saturated carbocycles. The van der Waals surface area contributed by atoms with Crippen molar-refractivity contribution in [3.63, 3.8) is 0 Å². The Bertz CT molecular complexity index is 2830. The molecule has 3 aromatic rings. The highest BCUT2D eigenvalue weighted by molar-refractivity contribution is 6.11. The first-order chi connectivity index (χ1) is 36.0. The third-order valence-corrected chi connectivity index (χ3v) is 20.5. The number of carbonyl (C=O) groups is 9. The van der Waals surface area contributed by atoms with Gasteiger partial charge in [0.05, 0.1) is 12.3 Å². The van der Waals surface area contributed by atoms with E-state index in [1.54, 1.807) is 54.6 Å². The number of Topliss-reactive ketones (excluding diaryl/α,β-unsaturated/α-hetero) is 8. The van der Waals surface area contributed by atoms with Crippen LogP contribution in [0.3, 0.4) is 0 Å². The summed E-state index contributed by atoms with van der Waals surface area (Å²) in [6, 6.07) is 27.1. The zero-order chi connectivity index (χ0) is 55.1. The van der Waals surface area contributed by atoms with Gasteiger partial charge in [0.2, 0.25) is 0 Å². The second-order valence-corrected chi connectivity index (χ2v) is 24.5. The molecule has 2 bridgehead atoms. The minimum absolute atomic E-state index is 0.00475. The van der Waals surface area contributed by atoms with Crippen molar-refractivity contribution in [2.24, 2.45) is 63.1 Å². The van der Waals surface area contributed by atoms with Crippen molar-refractivity contribution in [2.75, 3.05) is 0 Å². The number of benzene rings is 3. The van der Waals surface area contributed by atoms with Gasteiger partial charge in [-0.25, -0.2) is 0 Å². The molecule has 0 saturated heterocycles. The molecule has 5 aliphatic carbocycles. The molecule has 0 radical (unpaired) electrons. The average molecular weight is 1030 g/mol. The first-order valence-electron chi connectivity index (χ1n) is 27.9. The second-order valence-electron chi connectivity index (χ2n) is 24.5. The number of ether oxygens (including phenoxy) is 1. The highest BCUT2D eigenvalue weighted by Gasteiger charge is 2.76. The summed E-state index contributed by atoms with van der Waals surface area (Å²) in [5, 5.41) is 0. The van der Waals surface area contributed by atoms with Crippen molar-refractivity contribution in [1.29, 1.82) is 0 Å². The summed E-state index contributed by atoms with van der Waals surface area (Å²) < 4.78 is 6.30. The molecule has 2 unspecified atom stereocenters. The minimum atomic E-state index is -1.50. The van der Waals surface area contributed by atoms with Crippen molar-refractivity contribution in [2.45, 2.75) is 157 Å². The van der Waals surface area contributed by atoms with Crippen LogP contribution in [0.15, 0.2) is 114 Å². The Labute approximate surface area is 449 Å². The average Bonchev–Trinajstić information content (AvgIpc) is 3.84. The highest BCUT2D eigenvalue weighted by Crippen LogP contribution is 2.80. The van der Waals surface area contributed by atoms with Crippen LogP contribution in [0.5, 0.6) is 0 Å². The van der Waals surface area contributed by atoms with Crippen LogP contribution >= 0.6 is 0 Å². The number of ketones is 8. The lowest BCUT2D eigenvalue weighted by Gasteiger charge is -2.76. The van der Waals surface area contributed by atoms with Gasteiger partial charge in [-0.1, -0.05) is 142 Å². The normalized spacial score (nSPS) is 30.9. The van der Waals surface area contributed by atoms with E-state index < -0.39 is 70.0 Å². The molecule has 0 spiro atoms. The number of hydrogen-bond donors (Lipinski definition) is 0. The van der Waals surface area contributed by atoms with Crippen molar-refractivity contribution >= 4 is 52.2 Å². The summed E-state index contributed by atoms with van der Waals surface area (Å²) in [4.78, 5) is 128. The molecule has 4 fully saturated rings. The Morgan fingerprint density at radius 1 is 0.724 bits per heavy atom. The number of hydrogen-bond acceptors (Lipinski definition) is 10. The van der Waals surface area contributed by atoms with Crippen LogP contribution in [0.4, 0.5) is 0 Å². The molecule has 10 heteroatoms. The predicted molar refractivity (Wildman–Crippen MR) is 291 cm³/mol. The van der Waals surface area contributed by atoms with Crippen LogP contribution < -0.4 is 0 Å². The van der Waals surface area contributed by atoms with Gasteiger partial charge in [0.1, 0.15) is 28.9 Å². The minimum Gasteiger partial charge on any atom is -0.454 e.